The number of rotatable bonds is 1. The van der Waals surface area contributed by atoms with Crippen LogP contribution in [-0.2, 0) is 24.3 Å². The molecule has 0 aromatic rings. The Hall–Kier alpha value is -0.167. The number of allylic oxidation sites excluding steroid dienone is 2. The molecule has 0 amide bonds. The van der Waals surface area contributed by atoms with Crippen molar-refractivity contribution in [1.29, 1.82) is 0 Å². The van der Waals surface area contributed by atoms with Gasteiger partial charge >= 0.3 is 0 Å². The van der Waals surface area contributed by atoms with Crippen molar-refractivity contribution in [2.45, 2.75) is 13.8 Å². The van der Waals surface area contributed by atoms with Crippen molar-refractivity contribution >= 4 is 5.78 Å². The molecule has 0 heterocycles. The molecule has 0 rings (SSSR count). The summed E-state index contributed by atoms with van der Waals surface area (Å²) in [5, 5.41) is 8.36. The first-order valence-electron chi connectivity index (χ1n) is 2.01. The van der Waals surface area contributed by atoms with E-state index in [0.717, 1.165) is 0 Å². The summed E-state index contributed by atoms with van der Waals surface area (Å²) < 4.78 is 0. The number of aliphatic hydroxyl groups is 1. The molecule has 0 saturated heterocycles. The molecule has 0 aromatic heterocycles. The molecular formula is C5H8O2Ru. The van der Waals surface area contributed by atoms with Crippen molar-refractivity contribution < 1.29 is 29.4 Å². The van der Waals surface area contributed by atoms with E-state index in [1.54, 1.807) is 0 Å². The zero-order valence-corrected chi connectivity index (χ0v) is 6.52. The van der Waals surface area contributed by atoms with Gasteiger partial charge in [-0.2, -0.15) is 0 Å². The maximum absolute atomic E-state index is 10.0. The van der Waals surface area contributed by atoms with Gasteiger partial charge in [0.15, 0.2) is 5.78 Å². The van der Waals surface area contributed by atoms with E-state index >= 15 is 0 Å². The van der Waals surface area contributed by atoms with Crippen LogP contribution in [0.2, 0.25) is 0 Å². The first-order chi connectivity index (χ1) is 3.13. The molecule has 0 fully saturated rings. The Morgan fingerprint density at radius 1 is 1.50 bits per heavy atom. The predicted octanol–water partition coefficient (Wildman–Crippen LogP) is 1.03. The van der Waals surface area contributed by atoms with Gasteiger partial charge in [0, 0.05) is 25.6 Å². The minimum atomic E-state index is -0.125. The third-order valence-corrected chi connectivity index (χ3v) is 0.412. The third kappa shape index (κ3) is 9.27. The van der Waals surface area contributed by atoms with E-state index in [4.69, 9.17) is 5.11 Å². The zero-order chi connectivity index (χ0) is 5.86. The van der Waals surface area contributed by atoms with E-state index in [0.29, 0.717) is 0 Å². The fourth-order valence-corrected chi connectivity index (χ4v) is 0.294. The van der Waals surface area contributed by atoms with E-state index in [2.05, 4.69) is 0 Å². The predicted molar refractivity (Wildman–Crippen MR) is 27.1 cm³/mol. The normalized spacial score (nSPS) is 10.0. The van der Waals surface area contributed by atoms with Gasteiger partial charge in [0.05, 0.1) is 5.76 Å². The van der Waals surface area contributed by atoms with Crippen LogP contribution in [0.1, 0.15) is 13.8 Å². The van der Waals surface area contributed by atoms with Crippen LogP contribution in [0.5, 0.6) is 0 Å². The minimum absolute atomic E-state index is 0. The molecule has 1 N–H and O–H groups in total. The Morgan fingerprint density at radius 3 is 1.88 bits per heavy atom. The van der Waals surface area contributed by atoms with Crippen molar-refractivity contribution in [3.8, 4) is 0 Å². The largest absolute Gasteiger partial charge is 0.512 e. The molecule has 0 atom stereocenters. The summed E-state index contributed by atoms with van der Waals surface area (Å²) >= 11 is 0. The maximum Gasteiger partial charge on any atom is 0.155 e. The van der Waals surface area contributed by atoms with Crippen LogP contribution in [0.3, 0.4) is 0 Å². The number of hydrogen-bond donors (Lipinski definition) is 1. The van der Waals surface area contributed by atoms with Crippen LogP contribution in [0.25, 0.3) is 0 Å². The van der Waals surface area contributed by atoms with Gasteiger partial charge in [-0.15, -0.1) is 0 Å². The van der Waals surface area contributed by atoms with Gasteiger partial charge in [0.25, 0.3) is 0 Å². The van der Waals surface area contributed by atoms with Gasteiger partial charge in [-0.05, 0) is 13.8 Å². The maximum atomic E-state index is 10.0. The second-order valence-electron chi connectivity index (χ2n) is 1.40. The summed E-state index contributed by atoms with van der Waals surface area (Å²) in [4.78, 5) is 10.0. The summed E-state index contributed by atoms with van der Waals surface area (Å²) in [5.74, 6) is -0.0625. The minimum Gasteiger partial charge on any atom is -0.512 e. The number of carbonyl (C=O) groups excluding carboxylic acids is 1. The first kappa shape index (κ1) is 10.7. The third-order valence-electron chi connectivity index (χ3n) is 0.412. The summed E-state index contributed by atoms with van der Waals surface area (Å²) in [6.07, 6.45) is 1.17. The Balaban J connectivity index is 0. The van der Waals surface area contributed by atoms with E-state index < -0.39 is 0 Å². The van der Waals surface area contributed by atoms with Crippen LogP contribution in [0.15, 0.2) is 11.8 Å². The van der Waals surface area contributed by atoms with Crippen molar-refractivity contribution in [1.82, 2.24) is 0 Å². The van der Waals surface area contributed by atoms with Crippen LogP contribution >= 0.6 is 0 Å². The fourth-order valence-electron chi connectivity index (χ4n) is 0.294. The van der Waals surface area contributed by atoms with E-state index in [9.17, 15) is 4.79 Å². The van der Waals surface area contributed by atoms with Crippen molar-refractivity contribution in [3.05, 3.63) is 11.8 Å². The number of carbonyl (C=O) groups is 1. The molecule has 0 aliphatic rings. The molecule has 0 aliphatic heterocycles. The molecule has 0 aromatic carbocycles. The number of hydrogen-bond acceptors (Lipinski definition) is 2. The molecule has 3 heteroatoms. The van der Waals surface area contributed by atoms with Crippen molar-refractivity contribution in [3.63, 3.8) is 0 Å². The second kappa shape index (κ2) is 4.98. The Kier molecular flexibility index (Phi) is 6.69. The first-order valence-corrected chi connectivity index (χ1v) is 2.01. The van der Waals surface area contributed by atoms with E-state index in [-0.39, 0.29) is 31.0 Å². The van der Waals surface area contributed by atoms with Crippen LogP contribution < -0.4 is 0 Å². The standard InChI is InChI=1S/C5H8O2.Ru/c1-4(6)3-5(2)7;/h3,6H,1-2H3;. The Morgan fingerprint density at radius 2 is 1.88 bits per heavy atom. The molecule has 0 aliphatic carbocycles. The molecule has 2 nitrogen and oxygen atoms in total. The fraction of sp³-hybridized carbons (Fsp3) is 0.400. The molecule has 0 radical (unpaired) electrons. The quantitative estimate of drug-likeness (QED) is 0.391. The average Bonchev–Trinajstić information content (AvgIpc) is 1.27. The van der Waals surface area contributed by atoms with Gasteiger partial charge in [-0.25, -0.2) is 0 Å². The van der Waals surface area contributed by atoms with Crippen LogP contribution in [-0.4, -0.2) is 10.9 Å². The van der Waals surface area contributed by atoms with E-state index in [1.165, 1.54) is 19.9 Å². The summed E-state index contributed by atoms with van der Waals surface area (Å²) in [7, 11) is 0. The molecule has 48 valence electrons. The molecule has 0 bridgehead atoms. The molecular weight excluding hydrogens is 193 g/mol. The van der Waals surface area contributed by atoms with Crippen LogP contribution in [0.4, 0.5) is 0 Å². The summed E-state index contributed by atoms with van der Waals surface area (Å²) in [6.45, 7) is 2.85. The topological polar surface area (TPSA) is 37.3 Å². The Bertz CT molecular complexity index is 103. The molecule has 0 saturated carbocycles. The summed E-state index contributed by atoms with van der Waals surface area (Å²) in [5.41, 5.74) is 0. The smallest absolute Gasteiger partial charge is 0.155 e. The van der Waals surface area contributed by atoms with Crippen molar-refractivity contribution in [2.75, 3.05) is 0 Å². The van der Waals surface area contributed by atoms with Gasteiger partial charge in [0.1, 0.15) is 0 Å². The monoisotopic (exact) mass is 202 g/mol. The number of aliphatic hydroxyl groups excluding tert-OH is 1. The van der Waals surface area contributed by atoms with Crippen LogP contribution in [0, 0.1) is 0 Å². The molecule has 0 unspecified atom stereocenters. The summed E-state index contributed by atoms with van der Waals surface area (Å²) in [6, 6.07) is 0. The number of ketones is 1. The van der Waals surface area contributed by atoms with E-state index in [1.807, 2.05) is 0 Å². The van der Waals surface area contributed by atoms with Gasteiger partial charge in [-0.1, -0.05) is 0 Å². The average molecular weight is 201 g/mol. The van der Waals surface area contributed by atoms with Crippen molar-refractivity contribution in [2.24, 2.45) is 0 Å². The van der Waals surface area contributed by atoms with Gasteiger partial charge < -0.3 is 5.11 Å². The molecule has 0 spiro atoms. The van der Waals surface area contributed by atoms with Gasteiger partial charge in [0.2, 0.25) is 0 Å². The SMILES string of the molecule is CC(=O)C=C(C)O.[Ru]. The van der Waals surface area contributed by atoms with Gasteiger partial charge in [-0.3, -0.25) is 4.79 Å². The zero-order valence-electron chi connectivity index (χ0n) is 4.79. The second-order valence-corrected chi connectivity index (χ2v) is 1.40. The Labute approximate surface area is 61.3 Å². The molecule has 8 heavy (non-hydrogen) atoms.